The molecule has 0 spiro atoms. The normalized spacial score (nSPS) is 22.3. The number of aromatic hydroxyl groups is 1. The number of likely N-dealkylation sites (tertiary alicyclic amines) is 1. The molecule has 3 rings (SSSR count). The number of hydrogen-bond acceptors (Lipinski definition) is 3. The van der Waals surface area contributed by atoms with Crippen LogP contribution in [0.4, 0.5) is 0 Å². The lowest BCUT2D eigenvalue weighted by Crippen LogP contribution is -2.37. The molecule has 0 amide bonds. The summed E-state index contributed by atoms with van der Waals surface area (Å²) in [5, 5.41) is 10.8. The number of hydrogen-bond donors (Lipinski definition) is 1. The van der Waals surface area contributed by atoms with Gasteiger partial charge in [-0.15, -0.1) is 6.58 Å². The first-order chi connectivity index (χ1) is 11.2. The van der Waals surface area contributed by atoms with E-state index >= 15 is 0 Å². The summed E-state index contributed by atoms with van der Waals surface area (Å²) in [7, 11) is 2.20. The van der Waals surface area contributed by atoms with Crippen LogP contribution in [0.5, 0.6) is 5.75 Å². The third-order valence-corrected chi connectivity index (χ3v) is 5.15. The molecule has 0 radical (unpaired) electrons. The average Bonchev–Trinajstić information content (AvgIpc) is 2.56. The molecule has 122 valence electrons. The molecule has 0 bridgehead atoms. The molecule has 1 aliphatic heterocycles. The number of aryl methyl sites for hydroxylation is 1. The minimum Gasteiger partial charge on any atom is -0.508 e. The predicted molar refractivity (Wildman–Crippen MR) is 95.6 cm³/mol. The second-order valence-corrected chi connectivity index (χ2v) is 6.77. The smallest absolute Gasteiger partial charge is 0.116 e. The first-order valence-electron chi connectivity index (χ1n) is 8.55. The highest BCUT2D eigenvalue weighted by atomic mass is 16.3. The third kappa shape index (κ3) is 3.73. The van der Waals surface area contributed by atoms with E-state index in [0.717, 1.165) is 29.8 Å². The molecule has 1 N–H and O–H groups in total. The number of nitrogens with zero attached hydrogens (tertiary/aromatic N) is 2. The van der Waals surface area contributed by atoms with Crippen LogP contribution in [0, 0.1) is 11.8 Å². The van der Waals surface area contributed by atoms with Gasteiger partial charge in [0.05, 0.1) is 5.52 Å². The van der Waals surface area contributed by atoms with Gasteiger partial charge in [0, 0.05) is 18.1 Å². The van der Waals surface area contributed by atoms with Crippen molar-refractivity contribution in [3.05, 3.63) is 48.7 Å². The van der Waals surface area contributed by atoms with E-state index in [9.17, 15) is 5.11 Å². The van der Waals surface area contributed by atoms with Crippen LogP contribution in [-0.4, -0.2) is 35.1 Å². The highest BCUT2D eigenvalue weighted by molar-refractivity contribution is 5.83. The number of benzene rings is 1. The van der Waals surface area contributed by atoms with Crippen LogP contribution < -0.4 is 0 Å². The van der Waals surface area contributed by atoms with Gasteiger partial charge < -0.3 is 10.0 Å². The highest BCUT2D eigenvalue weighted by Crippen LogP contribution is 2.29. The Balaban J connectivity index is 1.65. The molecule has 3 heteroatoms. The van der Waals surface area contributed by atoms with Crippen LogP contribution >= 0.6 is 0 Å². The Labute approximate surface area is 138 Å². The van der Waals surface area contributed by atoms with Gasteiger partial charge in [-0.1, -0.05) is 6.08 Å². The zero-order valence-corrected chi connectivity index (χ0v) is 13.9. The van der Waals surface area contributed by atoms with E-state index in [1.165, 1.54) is 31.4 Å². The second kappa shape index (κ2) is 7.14. The average molecular weight is 310 g/mol. The van der Waals surface area contributed by atoms with Crippen LogP contribution in [-0.2, 0) is 6.42 Å². The first-order valence-corrected chi connectivity index (χ1v) is 8.55. The number of fused-ring (bicyclic) bond motifs is 1. The SMILES string of the molecule is C=CC1CN(C)CCC1CCCc1ccnc2ccc(O)cc12. The Morgan fingerprint density at radius 1 is 1.39 bits per heavy atom. The lowest BCUT2D eigenvalue weighted by atomic mass is 9.82. The van der Waals surface area contributed by atoms with Crippen molar-refractivity contribution in [3.8, 4) is 5.75 Å². The number of rotatable bonds is 5. The van der Waals surface area contributed by atoms with Crippen molar-refractivity contribution in [1.82, 2.24) is 9.88 Å². The summed E-state index contributed by atoms with van der Waals surface area (Å²) in [6.45, 7) is 6.36. The largest absolute Gasteiger partial charge is 0.508 e. The summed E-state index contributed by atoms with van der Waals surface area (Å²) in [5.41, 5.74) is 2.25. The lowest BCUT2D eigenvalue weighted by Gasteiger charge is -2.35. The minimum atomic E-state index is 0.314. The summed E-state index contributed by atoms with van der Waals surface area (Å²) in [6, 6.07) is 7.51. The van der Waals surface area contributed by atoms with Crippen molar-refractivity contribution in [2.24, 2.45) is 11.8 Å². The van der Waals surface area contributed by atoms with Gasteiger partial charge in [0.1, 0.15) is 5.75 Å². The van der Waals surface area contributed by atoms with Crippen LogP contribution in [0.2, 0.25) is 0 Å². The Hall–Kier alpha value is -1.87. The topological polar surface area (TPSA) is 36.4 Å². The van der Waals surface area contributed by atoms with Gasteiger partial charge >= 0.3 is 0 Å². The summed E-state index contributed by atoms with van der Waals surface area (Å²) in [5.74, 6) is 1.69. The Kier molecular flexibility index (Phi) is 4.97. The molecule has 1 fully saturated rings. The van der Waals surface area contributed by atoms with E-state index in [2.05, 4.69) is 35.7 Å². The number of phenolic OH excluding ortho intramolecular Hbond substituents is 1. The first kappa shape index (κ1) is 16.0. The number of piperidine rings is 1. The summed E-state index contributed by atoms with van der Waals surface area (Å²) in [4.78, 5) is 6.79. The van der Waals surface area contributed by atoms with Gasteiger partial charge in [0.15, 0.2) is 0 Å². The maximum atomic E-state index is 9.73. The zero-order chi connectivity index (χ0) is 16.2. The zero-order valence-electron chi connectivity index (χ0n) is 13.9. The number of pyridine rings is 1. The molecule has 0 saturated carbocycles. The molecule has 1 aromatic heterocycles. The number of aromatic nitrogens is 1. The van der Waals surface area contributed by atoms with Gasteiger partial charge in [0.2, 0.25) is 0 Å². The van der Waals surface area contributed by atoms with E-state index in [0.29, 0.717) is 11.7 Å². The van der Waals surface area contributed by atoms with Gasteiger partial charge in [0.25, 0.3) is 0 Å². The number of phenols is 1. The van der Waals surface area contributed by atoms with Crippen LogP contribution in [0.1, 0.15) is 24.8 Å². The standard InChI is InChI=1S/C20H26N2O/c1-3-15-14-22(2)12-10-16(15)5-4-6-17-9-11-21-20-8-7-18(23)13-19(17)20/h3,7-9,11,13,15-16,23H,1,4-6,10,12,14H2,2H3. The Morgan fingerprint density at radius 2 is 2.26 bits per heavy atom. The van der Waals surface area contributed by atoms with Crippen molar-refractivity contribution >= 4 is 10.9 Å². The van der Waals surface area contributed by atoms with Crippen LogP contribution in [0.3, 0.4) is 0 Å². The monoisotopic (exact) mass is 310 g/mol. The van der Waals surface area contributed by atoms with E-state index in [4.69, 9.17) is 0 Å². The summed E-state index contributed by atoms with van der Waals surface area (Å²) in [6.07, 6.45) is 8.74. The maximum Gasteiger partial charge on any atom is 0.116 e. The second-order valence-electron chi connectivity index (χ2n) is 6.77. The quantitative estimate of drug-likeness (QED) is 0.848. The fourth-order valence-corrected chi connectivity index (χ4v) is 3.79. The van der Waals surface area contributed by atoms with E-state index in [1.54, 1.807) is 6.07 Å². The molecule has 2 aromatic rings. The van der Waals surface area contributed by atoms with Gasteiger partial charge in [-0.3, -0.25) is 4.98 Å². The maximum absolute atomic E-state index is 9.73. The van der Waals surface area contributed by atoms with E-state index < -0.39 is 0 Å². The van der Waals surface area contributed by atoms with Gasteiger partial charge in [-0.2, -0.15) is 0 Å². The van der Waals surface area contributed by atoms with E-state index in [1.807, 2.05) is 18.3 Å². The molecule has 2 heterocycles. The van der Waals surface area contributed by atoms with Gasteiger partial charge in [-0.05, 0) is 80.9 Å². The predicted octanol–water partition coefficient (Wildman–Crippen LogP) is 4.02. The fraction of sp³-hybridized carbons (Fsp3) is 0.450. The highest BCUT2D eigenvalue weighted by Gasteiger charge is 2.24. The molecular weight excluding hydrogens is 284 g/mol. The van der Waals surface area contributed by atoms with Crippen LogP contribution in [0.25, 0.3) is 10.9 Å². The lowest BCUT2D eigenvalue weighted by molar-refractivity contribution is 0.164. The van der Waals surface area contributed by atoms with Crippen molar-refractivity contribution in [1.29, 1.82) is 0 Å². The van der Waals surface area contributed by atoms with Crippen molar-refractivity contribution < 1.29 is 5.11 Å². The molecule has 1 aromatic carbocycles. The van der Waals surface area contributed by atoms with Crippen LogP contribution in [0.15, 0.2) is 43.1 Å². The summed E-state index contributed by atoms with van der Waals surface area (Å²) >= 11 is 0. The fourth-order valence-electron chi connectivity index (χ4n) is 3.79. The molecule has 2 atom stereocenters. The molecular formula is C20H26N2O. The summed E-state index contributed by atoms with van der Waals surface area (Å²) < 4.78 is 0. The molecule has 3 nitrogen and oxygen atoms in total. The molecule has 1 saturated heterocycles. The minimum absolute atomic E-state index is 0.314. The Bertz CT molecular complexity index is 682. The van der Waals surface area contributed by atoms with Crippen molar-refractivity contribution in [3.63, 3.8) is 0 Å². The van der Waals surface area contributed by atoms with E-state index in [-0.39, 0.29) is 0 Å². The third-order valence-electron chi connectivity index (χ3n) is 5.15. The molecule has 2 unspecified atom stereocenters. The molecule has 23 heavy (non-hydrogen) atoms. The van der Waals surface area contributed by atoms with Gasteiger partial charge in [-0.25, -0.2) is 0 Å². The van der Waals surface area contributed by atoms with Crippen molar-refractivity contribution in [2.75, 3.05) is 20.1 Å². The Morgan fingerprint density at radius 3 is 3.09 bits per heavy atom. The molecule has 0 aliphatic carbocycles. The molecule has 1 aliphatic rings. The van der Waals surface area contributed by atoms with Crippen molar-refractivity contribution in [2.45, 2.75) is 25.7 Å².